The molecule has 3 heterocycles. The predicted octanol–water partition coefficient (Wildman–Crippen LogP) is 3.28. The van der Waals surface area contributed by atoms with Crippen molar-refractivity contribution in [3.8, 4) is 5.75 Å². The Morgan fingerprint density at radius 3 is 2.83 bits per heavy atom. The second-order valence-corrected chi connectivity index (χ2v) is 7.12. The lowest BCUT2D eigenvalue weighted by molar-refractivity contribution is 0.0896. The van der Waals surface area contributed by atoms with Gasteiger partial charge in [0.2, 0.25) is 0 Å². The van der Waals surface area contributed by atoms with Crippen molar-refractivity contribution in [2.45, 2.75) is 26.1 Å². The first kappa shape index (κ1) is 15.4. The molecule has 2 aromatic heterocycles. The zero-order chi connectivity index (χ0) is 16.4. The Kier molecular flexibility index (Phi) is 4.32. The van der Waals surface area contributed by atoms with Crippen LogP contribution in [-0.2, 0) is 13.2 Å². The fraction of sp³-hybridized carbons (Fsp3) is 0.333. The molecule has 124 valence electrons. The molecule has 0 bridgehead atoms. The van der Waals surface area contributed by atoms with Crippen molar-refractivity contribution in [2.24, 2.45) is 0 Å². The number of benzene rings is 1. The molecule has 0 atom stereocenters. The minimum absolute atomic E-state index is 0.498. The van der Waals surface area contributed by atoms with E-state index in [0.717, 1.165) is 36.1 Å². The highest BCUT2D eigenvalue weighted by molar-refractivity contribution is 7.09. The number of likely N-dealkylation sites (tertiary alicyclic amines) is 1. The van der Waals surface area contributed by atoms with Gasteiger partial charge in [-0.25, -0.2) is 4.98 Å². The molecule has 0 aliphatic carbocycles. The molecule has 3 aromatic rings. The summed E-state index contributed by atoms with van der Waals surface area (Å²) in [5, 5.41) is 7.55. The van der Waals surface area contributed by atoms with E-state index in [1.807, 2.05) is 36.5 Å². The van der Waals surface area contributed by atoms with Gasteiger partial charge in [0.05, 0.1) is 17.9 Å². The summed E-state index contributed by atoms with van der Waals surface area (Å²) < 4.78 is 7.83. The second-order valence-electron chi connectivity index (χ2n) is 6.18. The Labute approximate surface area is 145 Å². The van der Waals surface area contributed by atoms with Crippen molar-refractivity contribution in [3.63, 3.8) is 0 Å². The molecule has 4 rings (SSSR count). The molecule has 6 heteroatoms. The van der Waals surface area contributed by atoms with Gasteiger partial charge in [-0.2, -0.15) is 5.10 Å². The molecule has 1 fully saturated rings. The number of aromatic nitrogens is 3. The summed E-state index contributed by atoms with van der Waals surface area (Å²) in [6.45, 7) is 5.58. The summed E-state index contributed by atoms with van der Waals surface area (Å²) in [6.07, 6.45) is 4.03. The number of hydrogen-bond donors (Lipinski definition) is 0. The lowest BCUT2D eigenvalue weighted by atomic mass is 10.1. The summed E-state index contributed by atoms with van der Waals surface area (Å²) in [5.74, 6) is 0.884. The molecular formula is C18H20N4OS. The first-order valence-electron chi connectivity index (χ1n) is 8.10. The van der Waals surface area contributed by atoms with Crippen LogP contribution in [0, 0.1) is 6.92 Å². The Morgan fingerprint density at radius 1 is 1.25 bits per heavy atom. The zero-order valence-corrected chi connectivity index (χ0v) is 14.4. The Bertz CT molecular complexity index is 792. The van der Waals surface area contributed by atoms with Gasteiger partial charge in [-0.15, -0.1) is 11.3 Å². The largest absolute Gasteiger partial charge is 0.486 e. The molecule has 1 aliphatic heterocycles. The predicted molar refractivity (Wildman–Crippen MR) is 94.2 cm³/mol. The van der Waals surface area contributed by atoms with Crippen LogP contribution in [0.1, 0.15) is 22.3 Å². The van der Waals surface area contributed by atoms with Gasteiger partial charge in [0.25, 0.3) is 0 Å². The molecular weight excluding hydrogens is 320 g/mol. The SMILES string of the molecule is Cc1cnn(C2CN(Cc3csc(COc4ccccc4)n3)C2)c1. The van der Waals surface area contributed by atoms with E-state index in [4.69, 9.17) is 4.74 Å². The zero-order valence-electron chi connectivity index (χ0n) is 13.6. The van der Waals surface area contributed by atoms with Gasteiger partial charge in [-0.05, 0) is 24.6 Å². The minimum Gasteiger partial charge on any atom is -0.486 e. The number of rotatable bonds is 6. The van der Waals surface area contributed by atoms with Gasteiger partial charge in [0.1, 0.15) is 17.4 Å². The van der Waals surface area contributed by atoms with Gasteiger partial charge in [0.15, 0.2) is 0 Å². The van der Waals surface area contributed by atoms with E-state index in [1.165, 1.54) is 5.56 Å². The lowest BCUT2D eigenvalue weighted by Crippen LogP contribution is -2.47. The van der Waals surface area contributed by atoms with E-state index >= 15 is 0 Å². The third kappa shape index (κ3) is 3.49. The average Bonchev–Trinajstić information content (AvgIpc) is 3.18. The highest BCUT2D eigenvalue weighted by Crippen LogP contribution is 2.24. The second kappa shape index (κ2) is 6.75. The fourth-order valence-electron chi connectivity index (χ4n) is 2.85. The number of para-hydroxylation sites is 1. The van der Waals surface area contributed by atoms with Crippen LogP contribution in [0.4, 0.5) is 0 Å². The highest BCUT2D eigenvalue weighted by atomic mass is 32.1. The van der Waals surface area contributed by atoms with E-state index < -0.39 is 0 Å². The van der Waals surface area contributed by atoms with Crippen molar-refractivity contribution in [1.29, 1.82) is 0 Å². The van der Waals surface area contributed by atoms with E-state index in [1.54, 1.807) is 11.3 Å². The van der Waals surface area contributed by atoms with Crippen LogP contribution < -0.4 is 4.74 Å². The molecule has 0 N–H and O–H groups in total. The van der Waals surface area contributed by atoms with E-state index in [0.29, 0.717) is 12.6 Å². The van der Waals surface area contributed by atoms with Crippen molar-refractivity contribution in [2.75, 3.05) is 13.1 Å². The van der Waals surface area contributed by atoms with E-state index in [-0.39, 0.29) is 0 Å². The number of aryl methyl sites for hydroxylation is 1. The van der Waals surface area contributed by atoms with Crippen LogP contribution in [0.2, 0.25) is 0 Å². The molecule has 1 aliphatic rings. The van der Waals surface area contributed by atoms with Crippen molar-refractivity contribution < 1.29 is 4.74 Å². The van der Waals surface area contributed by atoms with Crippen LogP contribution in [0.25, 0.3) is 0 Å². The molecule has 0 amide bonds. The summed E-state index contributed by atoms with van der Waals surface area (Å²) in [4.78, 5) is 7.08. The number of thiazole rings is 1. The summed E-state index contributed by atoms with van der Waals surface area (Å²) in [6, 6.07) is 10.4. The molecule has 5 nitrogen and oxygen atoms in total. The minimum atomic E-state index is 0.498. The summed E-state index contributed by atoms with van der Waals surface area (Å²) in [7, 11) is 0. The molecule has 0 radical (unpaired) electrons. The maximum absolute atomic E-state index is 5.75. The Morgan fingerprint density at radius 2 is 2.08 bits per heavy atom. The Balaban J connectivity index is 1.26. The molecule has 1 aromatic carbocycles. The topological polar surface area (TPSA) is 43.2 Å². The van der Waals surface area contributed by atoms with Gasteiger partial charge in [-0.1, -0.05) is 18.2 Å². The number of nitrogens with zero attached hydrogens (tertiary/aromatic N) is 4. The van der Waals surface area contributed by atoms with E-state index in [9.17, 15) is 0 Å². The standard InChI is InChI=1S/C18H20N4OS/c1-14-7-19-22(8-14)16-10-21(11-16)9-15-13-24-18(20-15)12-23-17-5-3-2-4-6-17/h2-8,13,16H,9-12H2,1H3. The van der Waals surface area contributed by atoms with Crippen LogP contribution in [-0.4, -0.2) is 32.8 Å². The van der Waals surface area contributed by atoms with E-state index in [2.05, 4.69) is 38.2 Å². The average molecular weight is 340 g/mol. The highest BCUT2D eigenvalue weighted by Gasteiger charge is 2.29. The monoisotopic (exact) mass is 340 g/mol. The summed E-state index contributed by atoms with van der Waals surface area (Å²) >= 11 is 1.67. The van der Waals surface area contributed by atoms with Crippen LogP contribution >= 0.6 is 11.3 Å². The molecule has 1 saturated heterocycles. The van der Waals surface area contributed by atoms with Gasteiger partial charge < -0.3 is 4.74 Å². The number of ether oxygens (including phenoxy) is 1. The van der Waals surface area contributed by atoms with Crippen LogP contribution in [0.5, 0.6) is 5.75 Å². The maximum atomic E-state index is 5.75. The molecule has 0 spiro atoms. The number of hydrogen-bond acceptors (Lipinski definition) is 5. The first-order valence-corrected chi connectivity index (χ1v) is 8.98. The normalized spacial score (nSPS) is 15.4. The smallest absolute Gasteiger partial charge is 0.140 e. The third-order valence-electron chi connectivity index (χ3n) is 4.13. The van der Waals surface area contributed by atoms with Gasteiger partial charge in [0, 0.05) is 31.2 Å². The first-order chi connectivity index (χ1) is 11.8. The summed E-state index contributed by atoms with van der Waals surface area (Å²) in [5.41, 5.74) is 2.35. The fourth-order valence-corrected chi connectivity index (χ4v) is 3.55. The maximum Gasteiger partial charge on any atom is 0.140 e. The van der Waals surface area contributed by atoms with Crippen molar-refractivity contribution in [3.05, 3.63) is 64.4 Å². The van der Waals surface area contributed by atoms with Crippen LogP contribution in [0.15, 0.2) is 48.1 Å². The molecule has 24 heavy (non-hydrogen) atoms. The molecule has 0 saturated carbocycles. The van der Waals surface area contributed by atoms with Crippen molar-refractivity contribution >= 4 is 11.3 Å². The van der Waals surface area contributed by atoms with Crippen molar-refractivity contribution in [1.82, 2.24) is 19.7 Å². The van der Waals surface area contributed by atoms with Crippen LogP contribution in [0.3, 0.4) is 0 Å². The Hall–Kier alpha value is -2.18. The lowest BCUT2D eigenvalue weighted by Gasteiger charge is -2.38. The quantitative estimate of drug-likeness (QED) is 0.691. The van der Waals surface area contributed by atoms with Gasteiger partial charge >= 0.3 is 0 Å². The van der Waals surface area contributed by atoms with Gasteiger partial charge in [-0.3, -0.25) is 9.58 Å². The third-order valence-corrected chi connectivity index (χ3v) is 5.00. The molecule has 0 unspecified atom stereocenters.